The van der Waals surface area contributed by atoms with Gasteiger partial charge in [-0.2, -0.15) is 0 Å². The number of hydrogen-bond acceptors (Lipinski definition) is 1. The Kier molecular flexibility index (Phi) is 4.11. The molecule has 0 bridgehead atoms. The molecule has 0 radical (unpaired) electrons. The molecule has 1 atom stereocenters. The van der Waals surface area contributed by atoms with Crippen LogP contribution in [0.3, 0.4) is 0 Å². The molecular weight excluding hydrogens is 326 g/mol. The first-order valence-electron chi connectivity index (χ1n) is 7.30. The zero-order valence-corrected chi connectivity index (χ0v) is 13.6. The third-order valence-corrected chi connectivity index (χ3v) is 4.63. The van der Waals surface area contributed by atoms with E-state index in [4.69, 9.17) is 0 Å². The number of anilines is 1. The fourth-order valence-electron chi connectivity index (χ4n) is 3.01. The van der Waals surface area contributed by atoms with E-state index in [1.807, 2.05) is 31.2 Å². The second kappa shape index (κ2) is 6.02. The molecule has 1 aliphatic carbocycles. The molecule has 0 aromatic heterocycles. The molecule has 2 nitrogen and oxygen atoms in total. The quantitative estimate of drug-likeness (QED) is 0.832. The molecule has 1 N–H and O–H groups in total. The molecule has 2 aromatic rings. The lowest BCUT2D eigenvalue weighted by Crippen LogP contribution is -2.25. The molecule has 0 saturated carbocycles. The van der Waals surface area contributed by atoms with Crippen LogP contribution in [0.5, 0.6) is 0 Å². The SMILES string of the molecule is Cc1cc(Br)ccc1NC(=O)C1CCCc2ccccc21. The molecular formula is C18H18BrNO. The maximum absolute atomic E-state index is 12.6. The smallest absolute Gasteiger partial charge is 0.231 e. The van der Waals surface area contributed by atoms with Crippen molar-refractivity contribution in [1.82, 2.24) is 0 Å². The summed E-state index contributed by atoms with van der Waals surface area (Å²) in [6.45, 7) is 2.01. The average molecular weight is 344 g/mol. The Morgan fingerprint density at radius 2 is 2.05 bits per heavy atom. The van der Waals surface area contributed by atoms with Gasteiger partial charge in [-0.25, -0.2) is 0 Å². The Morgan fingerprint density at radius 1 is 1.24 bits per heavy atom. The predicted molar refractivity (Wildman–Crippen MR) is 89.6 cm³/mol. The first kappa shape index (κ1) is 14.3. The fraction of sp³-hybridized carbons (Fsp3) is 0.278. The summed E-state index contributed by atoms with van der Waals surface area (Å²) in [5.41, 5.74) is 4.47. The third-order valence-electron chi connectivity index (χ3n) is 4.13. The third kappa shape index (κ3) is 3.03. The van der Waals surface area contributed by atoms with Gasteiger partial charge in [0.1, 0.15) is 0 Å². The summed E-state index contributed by atoms with van der Waals surface area (Å²) in [4.78, 5) is 12.6. The van der Waals surface area contributed by atoms with Gasteiger partial charge >= 0.3 is 0 Å². The topological polar surface area (TPSA) is 29.1 Å². The van der Waals surface area contributed by atoms with Gasteiger partial charge in [0, 0.05) is 10.2 Å². The van der Waals surface area contributed by atoms with Crippen LogP contribution in [-0.4, -0.2) is 5.91 Å². The lowest BCUT2D eigenvalue weighted by atomic mass is 9.82. The molecule has 1 aliphatic rings. The van der Waals surface area contributed by atoms with Gasteiger partial charge in [-0.15, -0.1) is 0 Å². The molecule has 108 valence electrons. The van der Waals surface area contributed by atoms with Gasteiger partial charge in [0.15, 0.2) is 0 Å². The summed E-state index contributed by atoms with van der Waals surface area (Å²) in [6.07, 6.45) is 3.09. The Labute approximate surface area is 133 Å². The summed E-state index contributed by atoms with van der Waals surface area (Å²) in [5, 5.41) is 3.09. The van der Waals surface area contributed by atoms with E-state index in [-0.39, 0.29) is 11.8 Å². The Bertz CT molecular complexity index is 681. The summed E-state index contributed by atoms with van der Waals surface area (Å²) in [5.74, 6) is 0.0746. The van der Waals surface area contributed by atoms with Gasteiger partial charge in [-0.05, 0) is 61.1 Å². The number of benzene rings is 2. The van der Waals surface area contributed by atoms with Crippen molar-refractivity contribution in [3.8, 4) is 0 Å². The Morgan fingerprint density at radius 3 is 2.86 bits per heavy atom. The van der Waals surface area contributed by atoms with E-state index in [1.54, 1.807) is 0 Å². The van der Waals surface area contributed by atoms with Crippen LogP contribution in [0.2, 0.25) is 0 Å². The molecule has 0 aliphatic heterocycles. The fourth-order valence-corrected chi connectivity index (χ4v) is 3.49. The number of hydrogen-bond donors (Lipinski definition) is 1. The Balaban J connectivity index is 1.83. The van der Waals surface area contributed by atoms with Crippen LogP contribution in [0, 0.1) is 6.92 Å². The van der Waals surface area contributed by atoms with E-state index in [0.29, 0.717) is 0 Å². The number of rotatable bonds is 2. The highest BCUT2D eigenvalue weighted by Gasteiger charge is 2.26. The highest BCUT2D eigenvalue weighted by molar-refractivity contribution is 9.10. The second-order valence-electron chi connectivity index (χ2n) is 5.59. The number of nitrogens with one attached hydrogen (secondary N) is 1. The first-order valence-corrected chi connectivity index (χ1v) is 8.09. The van der Waals surface area contributed by atoms with E-state index in [1.165, 1.54) is 11.1 Å². The minimum absolute atomic E-state index is 0.0296. The molecule has 0 saturated heterocycles. The van der Waals surface area contributed by atoms with Crippen LogP contribution < -0.4 is 5.32 Å². The summed E-state index contributed by atoms with van der Waals surface area (Å²) >= 11 is 3.45. The van der Waals surface area contributed by atoms with Crippen molar-refractivity contribution in [2.75, 3.05) is 5.32 Å². The Hall–Kier alpha value is -1.61. The number of halogens is 1. The molecule has 0 heterocycles. The zero-order chi connectivity index (χ0) is 14.8. The summed E-state index contributed by atoms with van der Waals surface area (Å²) in [7, 11) is 0. The number of fused-ring (bicyclic) bond motifs is 1. The van der Waals surface area contributed by atoms with Crippen molar-refractivity contribution in [3.63, 3.8) is 0 Å². The largest absolute Gasteiger partial charge is 0.325 e. The van der Waals surface area contributed by atoms with Crippen LogP contribution in [0.1, 0.15) is 35.4 Å². The molecule has 1 unspecified atom stereocenters. The number of carbonyl (C=O) groups is 1. The maximum atomic E-state index is 12.6. The van der Waals surface area contributed by atoms with Crippen LogP contribution in [0.15, 0.2) is 46.9 Å². The van der Waals surface area contributed by atoms with Crippen LogP contribution >= 0.6 is 15.9 Å². The lowest BCUT2D eigenvalue weighted by molar-refractivity contribution is -0.117. The molecule has 3 rings (SSSR count). The van der Waals surface area contributed by atoms with Crippen molar-refractivity contribution in [2.45, 2.75) is 32.1 Å². The molecule has 0 spiro atoms. The molecule has 21 heavy (non-hydrogen) atoms. The van der Waals surface area contributed by atoms with E-state index < -0.39 is 0 Å². The van der Waals surface area contributed by atoms with Gasteiger partial charge in [0.05, 0.1) is 5.92 Å². The summed E-state index contributed by atoms with van der Waals surface area (Å²) < 4.78 is 1.03. The molecule has 1 amide bonds. The molecule has 2 aromatic carbocycles. The van der Waals surface area contributed by atoms with Crippen molar-refractivity contribution in [1.29, 1.82) is 0 Å². The highest BCUT2D eigenvalue weighted by atomic mass is 79.9. The zero-order valence-electron chi connectivity index (χ0n) is 12.0. The minimum Gasteiger partial charge on any atom is -0.325 e. The molecule has 0 fully saturated rings. The van der Waals surface area contributed by atoms with Crippen molar-refractivity contribution >= 4 is 27.5 Å². The van der Waals surface area contributed by atoms with E-state index in [9.17, 15) is 4.79 Å². The van der Waals surface area contributed by atoms with Crippen LogP contribution in [0.4, 0.5) is 5.69 Å². The van der Waals surface area contributed by atoms with Gasteiger partial charge < -0.3 is 5.32 Å². The number of aryl methyl sites for hydroxylation is 2. The number of amides is 1. The van der Waals surface area contributed by atoms with E-state index in [0.717, 1.165) is 35.0 Å². The van der Waals surface area contributed by atoms with Gasteiger partial charge in [-0.3, -0.25) is 4.79 Å². The van der Waals surface area contributed by atoms with Crippen LogP contribution in [-0.2, 0) is 11.2 Å². The summed E-state index contributed by atoms with van der Waals surface area (Å²) in [6, 6.07) is 14.2. The van der Waals surface area contributed by atoms with E-state index >= 15 is 0 Å². The molecule has 3 heteroatoms. The minimum atomic E-state index is -0.0296. The van der Waals surface area contributed by atoms with E-state index in [2.05, 4.69) is 39.4 Å². The average Bonchev–Trinajstić information content (AvgIpc) is 2.49. The standard InChI is InChI=1S/C18H18BrNO/c1-12-11-14(19)9-10-17(12)20-18(21)16-8-4-6-13-5-2-3-7-15(13)16/h2-3,5,7,9-11,16H,4,6,8H2,1H3,(H,20,21). The second-order valence-corrected chi connectivity index (χ2v) is 6.51. The van der Waals surface area contributed by atoms with Gasteiger partial charge in [0.25, 0.3) is 0 Å². The normalized spacial score (nSPS) is 17.1. The lowest BCUT2D eigenvalue weighted by Gasteiger charge is -2.25. The van der Waals surface area contributed by atoms with Crippen molar-refractivity contribution < 1.29 is 4.79 Å². The van der Waals surface area contributed by atoms with Crippen molar-refractivity contribution in [3.05, 3.63) is 63.6 Å². The van der Waals surface area contributed by atoms with Crippen molar-refractivity contribution in [2.24, 2.45) is 0 Å². The maximum Gasteiger partial charge on any atom is 0.231 e. The van der Waals surface area contributed by atoms with Gasteiger partial charge in [0.2, 0.25) is 5.91 Å². The van der Waals surface area contributed by atoms with Crippen LogP contribution in [0.25, 0.3) is 0 Å². The predicted octanol–water partition coefficient (Wildman–Crippen LogP) is 4.82. The highest BCUT2D eigenvalue weighted by Crippen LogP contribution is 2.32. The van der Waals surface area contributed by atoms with Gasteiger partial charge in [-0.1, -0.05) is 40.2 Å². The first-order chi connectivity index (χ1) is 10.1. The monoisotopic (exact) mass is 343 g/mol. The number of carbonyl (C=O) groups excluding carboxylic acids is 1.